The van der Waals surface area contributed by atoms with Crippen LogP contribution in [0, 0.1) is 6.92 Å². The van der Waals surface area contributed by atoms with E-state index in [1.807, 2.05) is 32.9 Å². The van der Waals surface area contributed by atoms with E-state index in [2.05, 4.69) is 5.32 Å². The lowest BCUT2D eigenvalue weighted by Crippen LogP contribution is -2.28. The molecule has 0 aromatic heterocycles. The number of carbonyl (C=O) groups is 2. The summed E-state index contributed by atoms with van der Waals surface area (Å²) in [6.45, 7) is 6.84. The molecular formula is C16H23NO3. The van der Waals surface area contributed by atoms with Gasteiger partial charge in [-0.05, 0) is 20.8 Å². The molecule has 0 saturated heterocycles. The van der Waals surface area contributed by atoms with Gasteiger partial charge in [0.05, 0.1) is 12.7 Å². The van der Waals surface area contributed by atoms with Crippen molar-refractivity contribution < 1.29 is 14.3 Å². The zero-order valence-corrected chi connectivity index (χ0v) is 12.4. The van der Waals surface area contributed by atoms with E-state index in [1.54, 1.807) is 12.1 Å². The molecule has 0 atom stereocenters. The van der Waals surface area contributed by atoms with E-state index in [0.717, 1.165) is 5.56 Å². The average molecular weight is 277 g/mol. The SMILES string of the molecule is Cc1ccc(C(=O)CCC(=O)NCCOC(C)C)cc1. The van der Waals surface area contributed by atoms with Gasteiger partial charge in [0.15, 0.2) is 5.78 Å². The number of hydrogen-bond acceptors (Lipinski definition) is 3. The van der Waals surface area contributed by atoms with E-state index < -0.39 is 0 Å². The largest absolute Gasteiger partial charge is 0.377 e. The van der Waals surface area contributed by atoms with Crippen molar-refractivity contribution in [2.45, 2.75) is 39.7 Å². The number of ketones is 1. The Morgan fingerprint density at radius 3 is 2.40 bits per heavy atom. The van der Waals surface area contributed by atoms with Crippen molar-refractivity contribution in [1.82, 2.24) is 5.32 Å². The predicted molar refractivity (Wildman–Crippen MR) is 78.8 cm³/mol. The number of carbonyl (C=O) groups excluding carboxylic acids is 2. The van der Waals surface area contributed by atoms with Crippen molar-refractivity contribution in [2.75, 3.05) is 13.2 Å². The van der Waals surface area contributed by atoms with Crippen LogP contribution in [0.25, 0.3) is 0 Å². The van der Waals surface area contributed by atoms with E-state index in [-0.39, 0.29) is 30.6 Å². The quantitative estimate of drug-likeness (QED) is 0.586. The maximum absolute atomic E-state index is 11.9. The van der Waals surface area contributed by atoms with Gasteiger partial charge in [-0.2, -0.15) is 0 Å². The van der Waals surface area contributed by atoms with E-state index in [1.165, 1.54) is 0 Å². The normalized spacial score (nSPS) is 10.6. The molecule has 1 rings (SSSR count). The van der Waals surface area contributed by atoms with Crippen LogP contribution in [0.1, 0.15) is 42.6 Å². The molecule has 0 fully saturated rings. The molecule has 1 N–H and O–H groups in total. The summed E-state index contributed by atoms with van der Waals surface area (Å²) < 4.78 is 5.32. The predicted octanol–water partition coefficient (Wildman–Crippen LogP) is 2.50. The van der Waals surface area contributed by atoms with Crippen LogP contribution in [-0.2, 0) is 9.53 Å². The van der Waals surface area contributed by atoms with Crippen molar-refractivity contribution in [2.24, 2.45) is 0 Å². The third-order valence-corrected chi connectivity index (χ3v) is 2.83. The van der Waals surface area contributed by atoms with Gasteiger partial charge in [-0.15, -0.1) is 0 Å². The van der Waals surface area contributed by atoms with Crippen LogP contribution in [0.2, 0.25) is 0 Å². The number of aryl methyl sites for hydroxylation is 1. The molecule has 1 amide bonds. The van der Waals surface area contributed by atoms with Gasteiger partial charge >= 0.3 is 0 Å². The highest BCUT2D eigenvalue weighted by Crippen LogP contribution is 2.07. The summed E-state index contributed by atoms with van der Waals surface area (Å²) in [6, 6.07) is 7.39. The minimum Gasteiger partial charge on any atom is -0.377 e. The summed E-state index contributed by atoms with van der Waals surface area (Å²) in [7, 11) is 0. The number of rotatable bonds is 8. The number of benzene rings is 1. The van der Waals surface area contributed by atoms with Gasteiger partial charge < -0.3 is 10.1 Å². The molecule has 0 radical (unpaired) electrons. The summed E-state index contributed by atoms with van der Waals surface area (Å²) in [5.41, 5.74) is 1.77. The second kappa shape index (κ2) is 8.48. The van der Waals surface area contributed by atoms with Crippen molar-refractivity contribution >= 4 is 11.7 Å². The van der Waals surface area contributed by atoms with Crippen molar-refractivity contribution in [3.8, 4) is 0 Å². The number of nitrogens with one attached hydrogen (secondary N) is 1. The monoisotopic (exact) mass is 277 g/mol. The Bertz CT molecular complexity index is 438. The van der Waals surface area contributed by atoms with Gasteiger partial charge in [-0.1, -0.05) is 29.8 Å². The van der Waals surface area contributed by atoms with Gasteiger partial charge in [0, 0.05) is 24.9 Å². The Hall–Kier alpha value is -1.68. The van der Waals surface area contributed by atoms with Crippen LogP contribution in [-0.4, -0.2) is 30.9 Å². The first-order chi connectivity index (χ1) is 9.49. The van der Waals surface area contributed by atoms with Crippen LogP contribution in [0.15, 0.2) is 24.3 Å². The molecule has 0 bridgehead atoms. The molecule has 0 saturated carbocycles. The van der Waals surface area contributed by atoms with Crippen LogP contribution < -0.4 is 5.32 Å². The summed E-state index contributed by atoms with van der Waals surface area (Å²) in [6.07, 6.45) is 0.615. The highest BCUT2D eigenvalue weighted by Gasteiger charge is 2.08. The summed E-state index contributed by atoms with van der Waals surface area (Å²) in [4.78, 5) is 23.4. The second-order valence-corrected chi connectivity index (χ2v) is 5.06. The third-order valence-electron chi connectivity index (χ3n) is 2.83. The summed E-state index contributed by atoms with van der Waals surface area (Å²) in [5, 5.41) is 2.74. The topological polar surface area (TPSA) is 55.4 Å². The van der Waals surface area contributed by atoms with E-state index in [0.29, 0.717) is 18.7 Å². The van der Waals surface area contributed by atoms with Crippen LogP contribution >= 0.6 is 0 Å². The lowest BCUT2D eigenvalue weighted by Gasteiger charge is -2.08. The molecule has 1 aromatic rings. The fourth-order valence-corrected chi connectivity index (χ4v) is 1.68. The Morgan fingerprint density at radius 2 is 1.80 bits per heavy atom. The Labute approximate surface area is 120 Å². The minimum atomic E-state index is -0.113. The van der Waals surface area contributed by atoms with Gasteiger partial charge in [0.2, 0.25) is 5.91 Å². The van der Waals surface area contributed by atoms with Gasteiger partial charge in [0.25, 0.3) is 0 Å². The van der Waals surface area contributed by atoms with Gasteiger partial charge in [0.1, 0.15) is 0 Å². The van der Waals surface area contributed by atoms with Crippen LogP contribution in [0.3, 0.4) is 0 Å². The van der Waals surface area contributed by atoms with Crippen molar-refractivity contribution in [1.29, 1.82) is 0 Å². The molecular weight excluding hydrogens is 254 g/mol. The molecule has 0 aliphatic rings. The van der Waals surface area contributed by atoms with Crippen LogP contribution in [0.5, 0.6) is 0 Å². The maximum Gasteiger partial charge on any atom is 0.220 e. The highest BCUT2D eigenvalue weighted by molar-refractivity contribution is 5.97. The minimum absolute atomic E-state index is 0.00131. The number of amides is 1. The average Bonchev–Trinajstić information content (AvgIpc) is 2.41. The van der Waals surface area contributed by atoms with Gasteiger partial charge in [-0.3, -0.25) is 9.59 Å². The van der Waals surface area contributed by atoms with E-state index >= 15 is 0 Å². The first-order valence-corrected chi connectivity index (χ1v) is 6.97. The molecule has 0 aliphatic carbocycles. The molecule has 20 heavy (non-hydrogen) atoms. The Kier molecular flexibility index (Phi) is 6.94. The number of ether oxygens (including phenoxy) is 1. The van der Waals surface area contributed by atoms with Gasteiger partial charge in [-0.25, -0.2) is 0 Å². The van der Waals surface area contributed by atoms with E-state index in [9.17, 15) is 9.59 Å². The molecule has 4 nitrogen and oxygen atoms in total. The summed E-state index contributed by atoms with van der Waals surface area (Å²) in [5.74, 6) is -0.114. The number of Topliss-reactive ketones (excluding diaryl/α,β-unsaturated/α-hetero) is 1. The number of hydrogen-bond donors (Lipinski definition) is 1. The molecule has 4 heteroatoms. The molecule has 0 aliphatic heterocycles. The second-order valence-electron chi connectivity index (χ2n) is 5.06. The zero-order valence-electron chi connectivity index (χ0n) is 12.4. The lowest BCUT2D eigenvalue weighted by molar-refractivity contribution is -0.121. The first kappa shape index (κ1) is 16.4. The standard InChI is InChI=1S/C16H23NO3/c1-12(2)20-11-10-17-16(19)9-8-15(18)14-6-4-13(3)5-7-14/h4-7,12H,8-11H2,1-3H3,(H,17,19). The Balaban J connectivity index is 2.23. The third kappa shape index (κ3) is 6.48. The van der Waals surface area contributed by atoms with Crippen molar-refractivity contribution in [3.63, 3.8) is 0 Å². The smallest absolute Gasteiger partial charge is 0.220 e. The first-order valence-electron chi connectivity index (χ1n) is 6.97. The van der Waals surface area contributed by atoms with Crippen molar-refractivity contribution in [3.05, 3.63) is 35.4 Å². The molecule has 1 aromatic carbocycles. The van der Waals surface area contributed by atoms with E-state index in [4.69, 9.17) is 4.74 Å². The molecule has 110 valence electrons. The molecule has 0 heterocycles. The zero-order chi connectivity index (χ0) is 15.0. The van der Waals surface area contributed by atoms with Crippen LogP contribution in [0.4, 0.5) is 0 Å². The molecule has 0 spiro atoms. The Morgan fingerprint density at radius 1 is 1.15 bits per heavy atom. The highest BCUT2D eigenvalue weighted by atomic mass is 16.5. The maximum atomic E-state index is 11.9. The molecule has 0 unspecified atom stereocenters. The fourth-order valence-electron chi connectivity index (χ4n) is 1.68. The lowest BCUT2D eigenvalue weighted by atomic mass is 10.1. The summed E-state index contributed by atoms with van der Waals surface area (Å²) >= 11 is 0. The fraction of sp³-hybridized carbons (Fsp3) is 0.500.